The molecule has 0 radical (unpaired) electrons. The molecule has 7 nitrogen and oxygen atoms in total. The van der Waals surface area contributed by atoms with Crippen LogP contribution in [0.4, 0.5) is 19.1 Å². The summed E-state index contributed by atoms with van der Waals surface area (Å²) in [6.45, 7) is 1.76. The number of carbonyl (C=O) groups excluding carboxylic acids is 1. The fraction of sp³-hybridized carbons (Fsp3) is 0.250. The summed E-state index contributed by atoms with van der Waals surface area (Å²) in [6.07, 6.45) is 0.687. The third-order valence-electron chi connectivity index (χ3n) is 5.20. The molecule has 1 atom stereocenters. The molecule has 1 unspecified atom stereocenters. The molecular weight excluding hydrogens is 479 g/mol. The van der Waals surface area contributed by atoms with Gasteiger partial charge in [-0.2, -0.15) is 13.2 Å². The number of ketones is 1. The van der Waals surface area contributed by atoms with Crippen molar-refractivity contribution in [2.45, 2.75) is 32.1 Å². The number of hydrogen-bond donors (Lipinski definition) is 2. The molecule has 3 aromatic heterocycles. The molecule has 0 aliphatic rings. The minimum atomic E-state index is -4.45. The van der Waals surface area contributed by atoms with Gasteiger partial charge in [-0.15, -0.1) is 11.3 Å². The first-order valence-electron chi connectivity index (χ1n) is 10.7. The van der Waals surface area contributed by atoms with E-state index in [9.17, 15) is 23.1 Å². The van der Waals surface area contributed by atoms with Crippen molar-refractivity contribution in [1.82, 2.24) is 19.5 Å². The van der Waals surface area contributed by atoms with Gasteiger partial charge in [0.15, 0.2) is 5.78 Å². The van der Waals surface area contributed by atoms with Crippen LogP contribution in [-0.2, 0) is 19.1 Å². The molecule has 1 aromatic carbocycles. The molecular formula is C24H22F3N5O2S. The van der Waals surface area contributed by atoms with Crippen molar-refractivity contribution in [3.63, 3.8) is 0 Å². The second-order valence-corrected chi connectivity index (χ2v) is 9.23. The molecule has 0 aliphatic heterocycles. The van der Waals surface area contributed by atoms with E-state index in [4.69, 9.17) is 0 Å². The molecule has 0 spiro atoms. The largest absolute Gasteiger partial charge is 0.416 e. The summed E-state index contributed by atoms with van der Waals surface area (Å²) in [5.74, 6) is 0.0399. The van der Waals surface area contributed by atoms with Crippen LogP contribution in [-0.4, -0.2) is 43.1 Å². The average Bonchev–Trinajstić information content (AvgIpc) is 3.47. The number of anilines is 1. The Morgan fingerprint density at radius 3 is 2.57 bits per heavy atom. The first-order chi connectivity index (χ1) is 16.7. The zero-order valence-electron chi connectivity index (χ0n) is 18.7. The van der Waals surface area contributed by atoms with Gasteiger partial charge in [-0.25, -0.2) is 15.0 Å². The van der Waals surface area contributed by atoms with Crippen molar-refractivity contribution >= 4 is 23.1 Å². The Bertz CT molecular complexity index is 1300. The number of aryl methyl sites for hydroxylation is 1. The quantitative estimate of drug-likeness (QED) is 0.325. The van der Waals surface area contributed by atoms with Crippen LogP contribution >= 0.6 is 11.3 Å². The maximum Gasteiger partial charge on any atom is 0.416 e. The second kappa shape index (κ2) is 10.4. The standard InChI is InChI=1S/C24H22F3N5O2S/c1-15-2-7-22(35-15)20-8-9-28-23(31-20)30-19(13-33)10-18-11-32(14-29-18)12-21(34)16-3-5-17(6-4-16)24(25,26)27/h2-9,11,14,19,33H,10,12-13H2,1H3,(H,28,30,31). The Balaban J connectivity index is 1.37. The van der Waals surface area contributed by atoms with Crippen LogP contribution in [0.1, 0.15) is 26.5 Å². The summed E-state index contributed by atoms with van der Waals surface area (Å²) < 4.78 is 39.7. The van der Waals surface area contributed by atoms with Gasteiger partial charge in [0.2, 0.25) is 5.95 Å². The van der Waals surface area contributed by atoms with E-state index in [1.165, 1.54) is 23.3 Å². The third-order valence-corrected chi connectivity index (χ3v) is 6.23. The van der Waals surface area contributed by atoms with Crippen LogP contribution in [0.5, 0.6) is 0 Å². The minimum Gasteiger partial charge on any atom is -0.394 e. The van der Waals surface area contributed by atoms with Crippen molar-refractivity contribution in [3.8, 4) is 10.6 Å². The van der Waals surface area contributed by atoms with Gasteiger partial charge in [0.25, 0.3) is 0 Å². The maximum absolute atomic E-state index is 12.7. The van der Waals surface area contributed by atoms with Crippen LogP contribution < -0.4 is 5.32 Å². The second-order valence-electron chi connectivity index (χ2n) is 7.94. The number of alkyl halides is 3. The number of imidazole rings is 1. The van der Waals surface area contributed by atoms with E-state index in [0.717, 1.165) is 22.7 Å². The van der Waals surface area contributed by atoms with E-state index < -0.39 is 17.8 Å². The summed E-state index contributed by atoms with van der Waals surface area (Å²) in [5, 5.41) is 12.9. The van der Waals surface area contributed by atoms with Crippen LogP contribution in [0.25, 0.3) is 10.6 Å². The lowest BCUT2D eigenvalue weighted by molar-refractivity contribution is -0.137. The van der Waals surface area contributed by atoms with E-state index in [-0.39, 0.29) is 24.5 Å². The number of nitrogens with one attached hydrogen (secondary N) is 1. The van der Waals surface area contributed by atoms with Gasteiger partial charge in [0, 0.05) is 29.3 Å². The zero-order chi connectivity index (χ0) is 25.0. The monoisotopic (exact) mass is 501 g/mol. The Labute approximate surface area is 203 Å². The summed E-state index contributed by atoms with van der Waals surface area (Å²) >= 11 is 1.63. The molecule has 182 valence electrons. The molecule has 0 amide bonds. The summed E-state index contributed by atoms with van der Waals surface area (Å²) in [4.78, 5) is 27.7. The molecule has 0 aliphatic carbocycles. The Kier molecular flexibility index (Phi) is 7.27. The van der Waals surface area contributed by atoms with Gasteiger partial charge in [-0.3, -0.25) is 4.79 Å². The first-order valence-corrected chi connectivity index (χ1v) is 11.5. The van der Waals surface area contributed by atoms with Gasteiger partial charge in [-0.05, 0) is 37.3 Å². The summed E-state index contributed by atoms with van der Waals surface area (Å²) in [6, 6.07) is 9.53. The van der Waals surface area contributed by atoms with Gasteiger partial charge >= 0.3 is 6.18 Å². The molecule has 3 heterocycles. The van der Waals surface area contributed by atoms with Crippen LogP contribution in [0.2, 0.25) is 0 Å². The van der Waals surface area contributed by atoms with Crippen molar-refractivity contribution in [2.24, 2.45) is 0 Å². The average molecular weight is 502 g/mol. The molecule has 2 N–H and O–H groups in total. The highest BCUT2D eigenvalue weighted by Crippen LogP contribution is 2.29. The van der Waals surface area contributed by atoms with E-state index in [1.54, 1.807) is 28.3 Å². The Morgan fingerprint density at radius 2 is 1.91 bits per heavy atom. The van der Waals surface area contributed by atoms with Gasteiger partial charge in [-0.1, -0.05) is 12.1 Å². The van der Waals surface area contributed by atoms with E-state index in [1.807, 2.05) is 25.1 Å². The predicted molar refractivity (Wildman–Crippen MR) is 126 cm³/mol. The number of Topliss-reactive ketones (excluding diaryl/α,β-unsaturated/α-hetero) is 1. The van der Waals surface area contributed by atoms with E-state index >= 15 is 0 Å². The van der Waals surface area contributed by atoms with Crippen molar-refractivity contribution in [2.75, 3.05) is 11.9 Å². The predicted octanol–water partition coefficient (Wildman–Crippen LogP) is 4.63. The normalized spacial score (nSPS) is 12.5. The topological polar surface area (TPSA) is 92.9 Å². The number of aliphatic hydroxyl groups excluding tert-OH is 1. The van der Waals surface area contributed by atoms with Crippen LogP contribution in [0.15, 0.2) is 61.2 Å². The number of aromatic nitrogens is 4. The highest BCUT2D eigenvalue weighted by Gasteiger charge is 2.30. The van der Waals surface area contributed by atoms with Crippen molar-refractivity contribution in [1.29, 1.82) is 0 Å². The molecule has 0 saturated carbocycles. The van der Waals surface area contributed by atoms with Gasteiger partial charge < -0.3 is 15.0 Å². The number of carbonyl (C=O) groups is 1. The van der Waals surface area contributed by atoms with E-state index in [0.29, 0.717) is 18.1 Å². The van der Waals surface area contributed by atoms with Crippen molar-refractivity contribution < 1.29 is 23.1 Å². The number of rotatable bonds is 9. The lowest BCUT2D eigenvalue weighted by Gasteiger charge is -2.15. The fourth-order valence-electron chi connectivity index (χ4n) is 3.43. The summed E-state index contributed by atoms with van der Waals surface area (Å²) in [7, 11) is 0. The number of thiophene rings is 1. The smallest absolute Gasteiger partial charge is 0.394 e. The first kappa shape index (κ1) is 24.6. The highest BCUT2D eigenvalue weighted by atomic mass is 32.1. The number of nitrogens with zero attached hydrogens (tertiary/aromatic N) is 4. The molecule has 11 heteroatoms. The molecule has 0 fully saturated rings. The fourth-order valence-corrected chi connectivity index (χ4v) is 4.27. The number of halogens is 3. The Morgan fingerprint density at radius 1 is 1.14 bits per heavy atom. The van der Waals surface area contributed by atoms with Crippen molar-refractivity contribution in [3.05, 3.63) is 82.9 Å². The highest BCUT2D eigenvalue weighted by molar-refractivity contribution is 7.15. The number of benzene rings is 1. The third kappa shape index (κ3) is 6.31. The Hall–Kier alpha value is -3.57. The molecule has 0 saturated heterocycles. The number of hydrogen-bond acceptors (Lipinski definition) is 7. The zero-order valence-corrected chi connectivity index (χ0v) is 19.5. The lowest BCUT2D eigenvalue weighted by Crippen LogP contribution is -2.27. The SMILES string of the molecule is Cc1ccc(-c2ccnc(NC(CO)Cc3cn(CC(=O)c4ccc(C(F)(F)F)cc4)cn3)n2)s1. The van der Waals surface area contributed by atoms with E-state index in [2.05, 4.69) is 20.3 Å². The van der Waals surface area contributed by atoms with Crippen LogP contribution in [0, 0.1) is 6.92 Å². The van der Waals surface area contributed by atoms with Crippen LogP contribution in [0.3, 0.4) is 0 Å². The molecule has 4 rings (SSSR count). The maximum atomic E-state index is 12.7. The molecule has 4 aromatic rings. The van der Waals surface area contributed by atoms with Gasteiger partial charge in [0.05, 0.1) is 47.3 Å². The lowest BCUT2D eigenvalue weighted by atomic mass is 10.1. The molecule has 35 heavy (non-hydrogen) atoms. The minimum absolute atomic E-state index is 0.0685. The van der Waals surface area contributed by atoms with Gasteiger partial charge in [0.1, 0.15) is 0 Å². The number of aliphatic hydroxyl groups is 1. The molecule has 0 bridgehead atoms. The summed E-state index contributed by atoms with van der Waals surface area (Å²) in [5.41, 5.74) is 0.785.